The van der Waals surface area contributed by atoms with Crippen molar-refractivity contribution < 1.29 is 9.18 Å². The van der Waals surface area contributed by atoms with Gasteiger partial charge >= 0.3 is 0 Å². The van der Waals surface area contributed by atoms with Gasteiger partial charge in [-0.3, -0.25) is 4.79 Å². The lowest BCUT2D eigenvalue weighted by Crippen LogP contribution is -2.23. The molecule has 0 saturated carbocycles. The van der Waals surface area contributed by atoms with E-state index in [1.807, 2.05) is 0 Å². The summed E-state index contributed by atoms with van der Waals surface area (Å²) >= 11 is 0. The summed E-state index contributed by atoms with van der Waals surface area (Å²) in [4.78, 5) is 11.3. The maximum atomic E-state index is 13.3. The standard InChI is InChI=1S/C14H17FN2O/c1-10(2)14(18)17-16-11(3)8-9-12-6-4-5-7-13(12)15/h4-10H,1-3H3,(H,17,18)/b9-8+,16-11+. The van der Waals surface area contributed by atoms with Crippen molar-refractivity contribution in [3.8, 4) is 0 Å². The first kappa shape index (κ1) is 14.1. The third-order valence-corrected chi connectivity index (χ3v) is 2.28. The zero-order valence-electron chi connectivity index (χ0n) is 10.8. The predicted octanol–water partition coefficient (Wildman–Crippen LogP) is 2.99. The number of nitrogens with zero attached hydrogens (tertiary/aromatic N) is 1. The van der Waals surface area contributed by atoms with Crippen LogP contribution >= 0.6 is 0 Å². The summed E-state index contributed by atoms with van der Waals surface area (Å²) in [6, 6.07) is 6.46. The van der Waals surface area contributed by atoms with Crippen LogP contribution in [0, 0.1) is 11.7 Å². The second-order valence-electron chi connectivity index (χ2n) is 4.24. The van der Waals surface area contributed by atoms with E-state index in [2.05, 4.69) is 10.5 Å². The highest BCUT2D eigenvalue weighted by atomic mass is 19.1. The normalized spacial score (nSPS) is 12.2. The molecule has 0 aliphatic carbocycles. The van der Waals surface area contributed by atoms with E-state index in [1.54, 1.807) is 51.1 Å². The molecule has 0 aliphatic heterocycles. The van der Waals surface area contributed by atoms with Gasteiger partial charge in [-0.2, -0.15) is 5.10 Å². The topological polar surface area (TPSA) is 41.5 Å². The van der Waals surface area contributed by atoms with Crippen molar-refractivity contribution in [2.75, 3.05) is 0 Å². The Kier molecular flexibility index (Phi) is 5.24. The van der Waals surface area contributed by atoms with E-state index in [9.17, 15) is 9.18 Å². The maximum absolute atomic E-state index is 13.3. The van der Waals surface area contributed by atoms with Crippen LogP contribution in [0.3, 0.4) is 0 Å². The molecule has 0 radical (unpaired) electrons. The van der Waals surface area contributed by atoms with Crippen LogP contribution in [-0.2, 0) is 4.79 Å². The number of nitrogens with one attached hydrogen (secondary N) is 1. The van der Waals surface area contributed by atoms with Gasteiger partial charge in [-0.25, -0.2) is 9.82 Å². The van der Waals surface area contributed by atoms with Gasteiger partial charge in [0.1, 0.15) is 5.82 Å². The second-order valence-corrected chi connectivity index (χ2v) is 4.24. The molecule has 1 aromatic carbocycles. The van der Waals surface area contributed by atoms with Crippen molar-refractivity contribution >= 4 is 17.7 Å². The lowest BCUT2D eigenvalue weighted by molar-refractivity contribution is -0.123. The van der Waals surface area contributed by atoms with Gasteiger partial charge < -0.3 is 0 Å². The molecule has 1 rings (SSSR count). The smallest absolute Gasteiger partial charge is 0.242 e. The van der Waals surface area contributed by atoms with Crippen molar-refractivity contribution in [3.63, 3.8) is 0 Å². The molecular weight excluding hydrogens is 231 g/mol. The number of hydrogen-bond donors (Lipinski definition) is 1. The Morgan fingerprint density at radius 1 is 1.39 bits per heavy atom. The molecule has 0 unspecified atom stereocenters. The number of rotatable bonds is 4. The minimum Gasteiger partial charge on any atom is -0.273 e. The highest BCUT2D eigenvalue weighted by Crippen LogP contribution is 2.08. The summed E-state index contributed by atoms with van der Waals surface area (Å²) in [5, 5.41) is 3.90. The summed E-state index contributed by atoms with van der Waals surface area (Å²) < 4.78 is 13.3. The molecular formula is C14H17FN2O. The van der Waals surface area contributed by atoms with Gasteiger partial charge in [0.2, 0.25) is 5.91 Å². The molecule has 4 heteroatoms. The molecule has 0 aliphatic rings. The van der Waals surface area contributed by atoms with Crippen molar-refractivity contribution in [3.05, 3.63) is 41.7 Å². The van der Waals surface area contributed by atoms with Crippen LogP contribution in [0.25, 0.3) is 6.08 Å². The van der Waals surface area contributed by atoms with Gasteiger partial charge in [-0.05, 0) is 19.1 Å². The van der Waals surface area contributed by atoms with Gasteiger partial charge in [0, 0.05) is 11.5 Å². The molecule has 0 fully saturated rings. The molecule has 0 atom stereocenters. The predicted molar refractivity (Wildman–Crippen MR) is 71.5 cm³/mol. The Labute approximate surface area is 106 Å². The Bertz CT molecular complexity index is 478. The molecule has 1 aromatic rings. The van der Waals surface area contributed by atoms with Crippen molar-refractivity contribution in [2.24, 2.45) is 11.0 Å². The number of hydrazone groups is 1. The molecule has 0 saturated heterocycles. The minimum atomic E-state index is -0.284. The maximum Gasteiger partial charge on any atom is 0.242 e. The van der Waals surface area contributed by atoms with E-state index in [4.69, 9.17) is 0 Å². The molecule has 0 aromatic heterocycles. The van der Waals surface area contributed by atoms with Gasteiger partial charge in [0.15, 0.2) is 0 Å². The van der Waals surface area contributed by atoms with Crippen molar-refractivity contribution in [1.29, 1.82) is 0 Å². The highest BCUT2D eigenvalue weighted by Gasteiger charge is 2.04. The second kappa shape index (κ2) is 6.69. The third kappa shape index (κ3) is 4.49. The largest absolute Gasteiger partial charge is 0.273 e. The van der Waals surface area contributed by atoms with Gasteiger partial charge in [0.25, 0.3) is 0 Å². The summed E-state index contributed by atoms with van der Waals surface area (Å²) in [6.07, 6.45) is 3.27. The minimum absolute atomic E-state index is 0.114. The van der Waals surface area contributed by atoms with E-state index in [1.165, 1.54) is 6.07 Å². The fraction of sp³-hybridized carbons (Fsp3) is 0.286. The number of benzene rings is 1. The molecule has 0 heterocycles. The number of amides is 1. The Morgan fingerprint density at radius 2 is 2.06 bits per heavy atom. The molecule has 0 bridgehead atoms. The van der Waals surface area contributed by atoms with Crippen LogP contribution in [0.2, 0.25) is 0 Å². The van der Waals surface area contributed by atoms with Crippen LogP contribution in [0.1, 0.15) is 26.3 Å². The summed E-state index contributed by atoms with van der Waals surface area (Å²) in [6.45, 7) is 5.31. The SMILES string of the molecule is CC(/C=C/c1ccccc1F)=N\NC(=O)C(C)C. The molecule has 18 heavy (non-hydrogen) atoms. The Morgan fingerprint density at radius 3 is 2.67 bits per heavy atom. The summed E-state index contributed by atoms with van der Waals surface area (Å²) in [5.41, 5.74) is 3.53. The number of hydrogen-bond acceptors (Lipinski definition) is 2. The van der Waals surface area contributed by atoms with Crippen LogP contribution in [0.15, 0.2) is 35.4 Å². The van der Waals surface area contributed by atoms with Crippen molar-refractivity contribution in [2.45, 2.75) is 20.8 Å². The Balaban J connectivity index is 2.65. The van der Waals surface area contributed by atoms with Crippen molar-refractivity contribution in [1.82, 2.24) is 5.43 Å². The summed E-state index contributed by atoms with van der Waals surface area (Å²) in [5.74, 6) is -0.543. The molecule has 96 valence electrons. The van der Waals surface area contributed by atoms with Crippen LogP contribution < -0.4 is 5.43 Å². The average Bonchev–Trinajstić information content (AvgIpc) is 2.34. The zero-order valence-corrected chi connectivity index (χ0v) is 10.8. The van der Waals surface area contributed by atoms with Crippen LogP contribution in [0.5, 0.6) is 0 Å². The number of carbonyl (C=O) groups excluding carboxylic acids is 1. The Hall–Kier alpha value is -1.97. The first-order valence-corrected chi connectivity index (χ1v) is 5.77. The fourth-order valence-corrected chi connectivity index (χ4v) is 1.13. The van der Waals surface area contributed by atoms with E-state index in [0.29, 0.717) is 11.3 Å². The molecule has 1 N–H and O–H groups in total. The van der Waals surface area contributed by atoms with E-state index >= 15 is 0 Å². The first-order chi connectivity index (χ1) is 8.50. The number of halogens is 1. The molecule has 1 amide bonds. The number of carbonyl (C=O) groups is 1. The molecule has 3 nitrogen and oxygen atoms in total. The van der Waals surface area contributed by atoms with Gasteiger partial charge in [-0.1, -0.05) is 38.1 Å². The van der Waals surface area contributed by atoms with Gasteiger partial charge in [0.05, 0.1) is 5.71 Å². The quantitative estimate of drug-likeness (QED) is 0.646. The van der Waals surface area contributed by atoms with Crippen LogP contribution in [-0.4, -0.2) is 11.6 Å². The summed E-state index contributed by atoms with van der Waals surface area (Å²) in [7, 11) is 0. The zero-order chi connectivity index (χ0) is 13.5. The third-order valence-electron chi connectivity index (χ3n) is 2.28. The lowest BCUT2D eigenvalue weighted by atomic mass is 10.2. The first-order valence-electron chi connectivity index (χ1n) is 5.77. The van der Waals surface area contributed by atoms with E-state index in [-0.39, 0.29) is 17.6 Å². The van der Waals surface area contributed by atoms with E-state index < -0.39 is 0 Å². The van der Waals surface area contributed by atoms with E-state index in [0.717, 1.165) is 0 Å². The lowest BCUT2D eigenvalue weighted by Gasteiger charge is -2.02. The van der Waals surface area contributed by atoms with Gasteiger partial charge in [-0.15, -0.1) is 0 Å². The fourth-order valence-electron chi connectivity index (χ4n) is 1.13. The monoisotopic (exact) mass is 248 g/mol. The molecule has 0 spiro atoms. The van der Waals surface area contributed by atoms with Crippen LogP contribution in [0.4, 0.5) is 4.39 Å². The number of allylic oxidation sites excluding steroid dienone is 1. The average molecular weight is 248 g/mol. The highest BCUT2D eigenvalue weighted by molar-refractivity contribution is 5.97.